The summed E-state index contributed by atoms with van der Waals surface area (Å²) in [6, 6.07) is 20.9. The third-order valence-electron chi connectivity index (χ3n) is 2.28. The number of hydrogen-bond donors (Lipinski definition) is 0. The van der Waals surface area contributed by atoms with E-state index in [9.17, 15) is 0 Å². The first-order valence-electron chi connectivity index (χ1n) is 5.54. The molecule has 2 rings (SSSR count). The Kier molecular flexibility index (Phi) is 5.10. The van der Waals surface area contributed by atoms with Gasteiger partial charge in [0, 0.05) is 0 Å². The fourth-order valence-electron chi connectivity index (χ4n) is 1.41. The second-order valence-corrected chi connectivity index (χ2v) is 5.89. The van der Waals surface area contributed by atoms with E-state index < -0.39 is 0 Å². The normalized spacial score (nSPS) is 11.3. The molecule has 0 aliphatic carbocycles. The molecule has 0 unspecified atom stereocenters. The van der Waals surface area contributed by atoms with Gasteiger partial charge in [0.25, 0.3) is 0 Å². The van der Waals surface area contributed by atoms with Crippen molar-refractivity contribution in [2.45, 2.75) is 0 Å². The van der Waals surface area contributed by atoms with E-state index in [1.165, 1.54) is 11.1 Å². The first-order chi connectivity index (χ1) is 8.45. The predicted molar refractivity (Wildman–Crippen MR) is 76.7 cm³/mol. The molecule has 0 atom stereocenters. The molecule has 17 heavy (non-hydrogen) atoms. The third kappa shape index (κ3) is 4.61. The van der Waals surface area contributed by atoms with Crippen molar-refractivity contribution < 1.29 is 0 Å². The molecule has 0 N–H and O–H groups in total. The van der Waals surface area contributed by atoms with Gasteiger partial charge in [0.05, 0.1) is 0 Å². The fourth-order valence-corrected chi connectivity index (χ4v) is 3.01. The van der Waals surface area contributed by atoms with Gasteiger partial charge in [0.15, 0.2) is 0 Å². The van der Waals surface area contributed by atoms with E-state index in [0.29, 0.717) is 0 Å². The van der Waals surface area contributed by atoms with Gasteiger partial charge in [-0.2, -0.15) is 0 Å². The zero-order valence-corrected chi connectivity index (χ0v) is 11.8. The molecule has 0 aliphatic heterocycles. The molecular formula is C16H14Te. The standard InChI is InChI=1S/C16H14Te/c1-3-7-15(8-4-1)11-13-17-14-12-16-9-5-2-6-10-16/h1-14H/b13-11-,14-12-. The van der Waals surface area contributed by atoms with Crippen molar-refractivity contribution in [1.82, 2.24) is 0 Å². The van der Waals surface area contributed by atoms with Gasteiger partial charge in [0.1, 0.15) is 0 Å². The summed E-state index contributed by atoms with van der Waals surface area (Å²) in [7, 11) is 0. The molecule has 0 aliphatic rings. The van der Waals surface area contributed by atoms with Crippen molar-refractivity contribution in [3.05, 3.63) is 80.0 Å². The summed E-state index contributed by atoms with van der Waals surface area (Å²) in [5.74, 6) is 0. The summed E-state index contributed by atoms with van der Waals surface area (Å²) < 4.78 is 4.61. The number of benzene rings is 2. The minimum absolute atomic E-state index is 0.161. The Bertz CT molecular complexity index is 436. The van der Waals surface area contributed by atoms with Gasteiger partial charge in [-0.3, -0.25) is 0 Å². The Balaban J connectivity index is 1.84. The molecule has 2 aromatic carbocycles. The zero-order chi connectivity index (χ0) is 11.8. The Morgan fingerprint density at radius 3 is 1.41 bits per heavy atom. The second-order valence-electron chi connectivity index (χ2n) is 3.56. The molecule has 2 aromatic rings. The Labute approximate surface area is 113 Å². The molecule has 0 saturated heterocycles. The quantitative estimate of drug-likeness (QED) is 0.741. The van der Waals surface area contributed by atoms with Crippen LogP contribution in [0.3, 0.4) is 0 Å². The average Bonchev–Trinajstić information content (AvgIpc) is 2.41. The van der Waals surface area contributed by atoms with E-state index in [1.807, 2.05) is 12.1 Å². The summed E-state index contributed by atoms with van der Waals surface area (Å²) in [5, 5.41) is 0. The molecule has 84 valence electrons. The molecule has 0 fully saturated rings. The Hall–Kier alpha value is -1.29. The molecule has 0 saturated carbocycles. The van der Waals surface area contributed by atoms with Gasteiger partial charge in [-0.25, -0.2) is 0 Å². The van der Waals surface area contributed by atoms with Crippen LogP contribution in [0.2, 0.25) is 0 Å². The van der Waals surface area contributed by atoms with Gasteiger partial charge in [0.2, 0.25) is 0 Å². The Morgan fingerprint density at radius 2 is 1.00 bits per heavy atom. The van der Waals surface area contributed by atoms with Crippen LogP contribution in [0.25, 0.3) is 12.2 Å². The van der Waals surface area contributed by atoms with Crippen LogP contribution in [0.15, 0.2) is 68.9 Å². The summed E-state index contributed by atoms with van der Waals surface area (Å²) in [4.78, 5) is 0. The monoisotopic (exact) mass is 336 g/mol. The minimum atomic E-state index is -0.161. The van der Waals surface area contributed by atoms with E-state index >= 15 is 0 Å². The molecule has 0 spiro atoms. The van der Waals surface area contributed by atoms with Crippen LogP contribution in [0.5, 0.6) is 0 Å². The van der Waals surface area contributed by atoms with Crippen molar-refractivity contribution in [2.24, 2.45) is 0 Å². The topological polar surface area (TPSA) is 0 Å². The predicted octanol–water partition coefficient (Wildman–Crippen LogP) is 4.03. The molecule has 0 radical (unpaired) electrons. The maximum atomic E-state index is 2.31. The number of rotatable bonds is 4. The fraction of sp³-hybridized carbons (Fsp3) is 0. The van der Waals surface area contributed by atoms with Crippen LogP contribution < -0.4 is 0 Å². The molecule has 0 aromatic heterocycles. The molecular weight excluding hydrogens is 320 g/mol. The average molecular weight is 334 g/mol. The maximum absolute atomic E-state index is 2.31. The van der Waals surface area contributed by atoms with Gasteiger partial charge in [-0.1, -0.05) is 0 Å². The first-order valence-corrected chi connectivity index (χ1v) is 8.23. The molecule has 1 heteroatoms. The van der Waals surface area contributed by atoms with Crippen LogP contribution >= 0.6 is 0 Å². The van der Waals surface area contributed by atoms with Gasteiger partial charge >= 0.3 is 113 Å². The second kappa shape index (κ2) is 7.12. The van der Waals surface area contributed by atoms with Gasteiger partial charge in [-0.15, -0.1) is 0 Å². The SMILES string of the molecule is C(=C/c1ccccc1)/[Te]/C=C\c1ccccc1. The van der Waals surface area contributed by atoms with Crippen molar-refractivity contribution >= 4 is 33.1 Å². The van der Waals surface area contributed by atoms with Gasteiger partial charge in [-0.05, 0) is 0 Å². The third-order valence-corrected chi connectivity index (χ3v) is 3.95. The Morgan fingerprint density at radius 1 is 0.588 bits per heavy atom. The molecule has 0 amide bonds. The van der Waals surface area contributed by atoms with Crippen LogP contribution in [-0.2, 0) is 0 Å². The summed E-state index contributed by atoms with van der Waals surface area (Å²) >= 11 is -0.161. The van der Waals surface area contributed by atoms with Crippen molar-refractivity contribution in [3.8, 4) is 0 Å². The van der Waals surface area contributed by atoms with E-state index in [0.717, 1.165) is 0 Å². The molecule has 0 heterocycles. The zero-order valence-electron chi connectivity index (χ0n) is 9.49. The first kappa shape index (κ1) is 12.2. The van der Waals surface area contributed by atoms with Crippen LogP contribution in [0, 0.1) is 0 Å². The van der Waals surface area contributed by atoms with E-state index in [-0.39, 0.29) is 20.9 Å². The van der Waals surface area contributed by atoms with E-state index in [4.69, 9.17) is 0 Å². The van der Waals surface area contributed by atoms with Crippen molar-refractivity contribution in [1.29, 1.82) is 0 Å². The van der Waals surface area contributed by atoms with Crippen molar-refractivity contribution in [2.75, 3.05) is 0 Å². The number of hydrogen-bond acceptors (Lipinski definition) is 0. The van der Waals surface area contributed by atoms with E-state index in [1.54, 1.807) is 0 Å². The van der Waals surface area contributed by atoms with Crippen LogP contribution in [-0.4, -0.2) is 20.9 Å². The van der Waals surface area contributed by atoms with E-state index in [2.05, 4.69) is 68.9 Å². The van der Waals surface area contributed by atoms with Crippen molar-refractivity contribution in [3.63, 3.8) is 0 Å². The summed E-state index contributed by atoms with van der Waals surface area (Å²) in [6.45, 7) is 0. The van der Waals surface area contributed by atoms with Crippen LogP contribution in [0.1, 0.15) is 11.1 Å². The molecule has 0 bridgehead atoms. The van der Waals surface area contributed by atoms with Crippen LogP contribution in [0.4, 0.5) is 0 Å². The summed E-state index contributed by atoms with van der Waals surface area (Å²) in [5.41, 5.74) is 2.57. The molecule has 0 nitrogen and oxygen atoms in total. The summed E-state index contributed by atoms with van der Waals surface area (Å²) in [6.07, 6.45) is 4.41. The van der Waals surface area contributed by atoms with Gasteiger partial charge < -0.3 is 0 Å².